The van der Waals surface area contributed by atoms with Crippen molar-refractivity contribution in [2.24, 2.45) is 5.92 Å². The molecule has 70 valence electrons. The molecular formula is C9H12N2O2. The number of carboxylic acids is 1. The van der Waals surface area contributed by atoms with Gasteiger partial charge in [0.15, 0.2) is 0 Å². The van der Waals surface area contributed by atoms with Gasteiger partial charge in [0, 0.05) is 18.7 Å². The summed E-state index contributed by atoms with van der Waals surface area (Å²) in [6.45, 7) is 2.85. The normalized spacial score (nSPS) is 25.9. The van der Waals surface area contributed by atoms with Gasteiger partial charge in [-0.15, -0.1) is 0 Å². The molecule has 1 heterocycles. The van der Waals surface area contributed by atoms with Crippen molar-refractivity contribution in [1.29, 1.82) is 0 Å². The van der Waals surface area contributed by atoms with Gasteiger partial charge in [-0.05, 0) is 18.9 Å². The zero-order valence-electron chi connectivity index (χ0n) is 7.47. The predicted molar refractivity (Wildman–Crippen MR) is 46.4 cm³/mol. The Morgan fingerprint density at radius 2 is 2.62 bits per heavy atom. The highest BCUT2D eigenvalue weighted by Gasteiger charge is 2.44. The first-order chi connectivity index (χ1) is 6.22. The molecule has 1 aliphatic rings. The summed E-state index contributed by atoms with van der Waals surface area (Å²) in [5.41, 5.74) is 1.06. The predicted octanol–water partition coefficient (Wildman–Crippen LogP) is 1.09. The first-order valence-electron chi connectivity index (χ1n) is 4.47. The average Bonchev–Trinajstić information content (AvgIpc) is 2.78. The summed E-state index contributed by atoms with van der Waals surface area (Å²) in [5.74, 6) is -0.651. The third-order valence-electron chi connectivity index (χ3n) is 2.51. The van der Waals surface area contributed by atoms with Crippen molar-refractivity contribution < 1.29 is 9.90 Å². The molecule has 2 atom stereocenters. The van der Waals surface area contributed by atoms with E-state index in [1.54, 1.807) is 6.20 Å². The van der Waals surface area contributed by atoms with Crippen LogP contribution >= 0.6 is 0 Å². The van der Waals surface area contributed by atoms with Crippen LogP contribution in [-0.2, 0) is 11.3 Å². The number of carboxylic acid groups (broad SMARTS) is 1. The van der Waals surface area contributed by atoms with Gasteiger partial charge in [0.05, 0.1) is 12.1 Å². The Morgan fingerprint density at radius 1 is 1.85 bits per heavy atom. The lowest BCUT2D eigenvalue weighted by Gasteiger charge is -1.91. The summed E-state index contributed by atoms with van der Waals surface area (Å²) < 4.78 is 1.83. The second-order valence-corrected chi connectivity index (χ2v) is 3.42. The van der Waals surface area contributed by atoms with E-state index in [0.29, 0.717) is 0 Å². The fourth-order valence-electron chi connectivity index (χ4n) is 1.58. The standard InChI is InChI=1S/C9H12N2O2/c1-2-11-5-6(4-10-11)7-3-8(7)9(12)13/h4-5,7-8H,2-3H2,1H3,(H,12,13)/t7-,8+/m0/s1. The Balaban J connectivity index is 2.07. The van der Waals surface area contributed by atoms with Crippen molar-refractivity contribution in [1.82, 2.24) is 9.78 Å². The highest BCUT2D eigenvalue weighted by Crippen LogP contribution is 2.47. The molecule has 1 N–H and O–H groups in total. The minimum Gasteiger partial charge on any atom is -0.481 e. The molecule has 1 saturated carbocycles. The Morgan fingerprint density at radius 3 is 3.08 bits per heavy atom. The summed E-state index contributed by atoms with van der Waals surface area (Å²) in [6, 6.07) is 0. The third kappa shape index (κ3) is 1.43. The topological polar surface area (TPSA) is 55.1 Å². The molecular weight excluding hydrogens is 168 g/mol. The van der Waals surface area contributed by atoms with Gasteiger partial charge in [0.25, 0.3) is 0 Å². The number of hydrogen-bond acceptors (Lipinski definition) is 2. The lowest BCUT2D eigenvalue weighted by Crippen LogP contribution is -1.98. The maximum absolute atomic E-state index is 10.6. The quantitative estimate of drug-likeness (QED) is 0.757. The van der Waals surface area contributed by atoms with Crippen LogP contribution in [0.5, 0.6) is 0 Å². The van der Waals surface area contributed by atoms with Gasteiger partial charge < -0.3 is 5.11 Å². The summed E-state index contributed by atoms with van der Waals surface area (Å²) in [6.07, 6.45) is 4.48. The van der Waals surface area contributed by atoms with Crippen molar-refractivity contribution in [3.8, 4) is 0 Å². The minimum absolute atomic E-state index is 0.172. The molecule has 0 amide bonds. The molecule has 0 bridgehead atoms. The van der Waals surface area contributed by atoms with Crippen LogP contribution in [0.2, 0.25) is 0 Å². The smallest absolute Gasteiger partial charge is 0.307 e. The lowest BCUT2D eigenvalue weighted by atomic mass is 10.2. The van der Waals surface area contributed by atoms with E-state index in [1.807, 2.05) is 17.8 Å². The lowest BCUT2D eigenvalue weighted by molar-refractivity contribution is -0.138. The number of carbonyl (C=O) groups is 1. The highest BCUT2D eigenvalue weighted by molar-refractivity contribution is 5.75. The average molecular weight is 180 g/mol. The fraction of sp³-hybridized carbons (Fsp3) is 0.556. The molecule has 13 heavy (non-hydrogen) atoms. The van der Waals surface area contributed by atoms with E-state index in [2.05, 4.69) is 5.10 Å². The van der Waals surface area contributed by atoms with E-state index >= 15 is 0 Å². The van der Waals surface area contributed by atoms with Crippen LogP contribution in [-0.4, -0.2) is 20.9 Å². The Bertz CT molecular complexity index is 332. The number of aromatic nitrogens is 2. The van der Waals surface area contributed by atoms with Crippen molar-refractivity contribution in [3.05, 3.63) is 18.0 Å². The fourth-order valence-corrected chi connectivity index (χ4v) is 1.58. The molecule has 1 aliphatic carbocycles. The first kappa shape index (κ1) is 8.29. The van der Waals surface area contributed by atoms with Crippen LogP contribution in [0.4, 0.5) is 0 Å². The molecule has 0 unspecified atom stereocenters. The van der Waals surface area contributed by atoms with Gasteiger partial charge in [-0.3, -0.25) is 9.48 Å². The van der Waals surface area contributed by atoms with Gasteiger partial charge in [-0.25, -0.2) is 0 Å². The molecule has 1 fully saturated rings. The second-order valence-electron chi connectivity index (χ2n) is 3.42. The molecule has 0 saturated heterocycles. The molecule has 4 heteroatoms. The van der Waals surface area contributed by atoms with E-state index < -0.39 is 5.97 Å². The van der Waals surface area contributed by atoms with Crippen molar-refractivity contribution in [3.63, 3.8) is 0 Å². The number of aliphatic carboxylic acids is 1. The number of nitrogens with zero attached hydrogens (tertiary/aromatic N) is 2. The zero-order chi connectivity index (χ0) is 9.42. The SMILES string of the molecule is CCn1cc([C@@H]2C[C@H]2C(=O)O)cn1. The van der Waals surface area contributed by atoms with Crippen LogP contribution in [0.3, 0.4) is 0 Å². The summed E-state index contributed by atoms with van der Waals surface area (Å²) >= 11 is 0. The monoisotopic (exact) mass is 180 g/mol. The Labute approximate surface area is 76.2 Å². The Hall–Kier alpha value is -1.32. The zero-order valence-corrected chi connectivity index (χ0v) is 7.47. The summed E-state index contributed by atoms with van der Waals surface area (Å²) in [4.78, 5) is 10.6. The van der Waals surface area contributed by atoms with Gasteiger partial charge >= 0.3 is 5.97 Å². The van der Waals surface area contributed by atoms with E-state index in [0.717, 1.165) is 18.5 Å². The molecule has 0 aromatic carbocycles. The molecule has 1 aromatic rings. The number of hydrogen-bond donors (Lipinski definition) is 1. The van der Waals surface area contributed by atoms with E-state index in [-0.39, 0.29) is 11.8 Å². The van der Waals surface area contributed by atoms with Gasteiger partial charge in [0.1, 0.15) is 0 Å². The van der Waals surface area contributed by atoms with Crippen LogP contribution in [0, 0.1) is 5.92 Å². The molecule has 0 aliphatic heterocycles. The van der Waals surface area contributed by atoms with Gasteiger partial charge in [-0.1, -0.05) is 0 Å². The van der Waals surface area contributed by atoms with Crippen LogP contribution < -0.4 is 0 Å². The third-order valence-corrected chi connectivity index (χ3v) is 2.51. The van der Waals surface area contributed by atoms with Crippen molar-refractivity contribution in [2.75, 3.05) is 0 Å². The van der Waals surface area contributed by atoms with Gasteiger partial charge in [0.2, 0.25) is 0 Å². The highest BCUT2D eigenvalue weighted by atomic mass is 16.4. The minimum atomic E-state index is -0.686. The summed E-state index contributed by atoms with van der Waals surface area (Å²) in [5, 5.41) is 12.8. The molecule has 1 aromatic heterocycles. The largest absolute Gasteiger partial charge is 0.481 e. The molecule has 0 spiro atoms. The molecule has 0 radical (unpaired) electrons. The number of aryl methyl sites for hydroxylation is 1. The Kier molecular flexibility index (Phi) is 1.83. The maximum Gasteiger partial charge on any atom is 0.307 e. The van der Waals surface area contributed by atoms with E-state index in [9.17, 15) is 4.79 Å². The van der Waals surface area contributed by atoms with Gasteiger partial charge in [-0.2, -0.15) is 5.10 Å². The first-order valence-corrected chi connectivity index (χ1v) is 4.47. The van der Waals surface area contributed by atoms with Crippen molar-refractivity contribution in [2.45, 2.75) is 25.8 Å². The van der Waals surface area contributed by atoms with E-state index in [4.69, 9.17) is 5.11 Å². The van der Waals surface area contributed by atoms with Crippen molar-refractivity contribution >= 4 is 5.97 Å². The van der Waals surface area contributed by atoms with Crippen LogP contribution in [0.15, 0.2) is 12.4 Å². The second kappa shape index (κ2) is 2.87. The summed E-state index contributed by atoms with van der Waals surface area (Å²) in [7, 11) is 0. The molecule has 4 nitrogen and oxygen atoms in total. The maximum atomic E-state index is 10.6. The number of rotatable bonds is 3. The molecule has 2 rings (SSSR count). The van der Waals surface area contributed by atoms with Crippen LogP contribution in [0.1, 0.15) is 24.8 Å². The van der Waals surface area contributed by atoms with Crippen LogP contribution in [0.25, 0.3) is 0 Å². The van der Waals surface area contributed by atoms with E-state index in [1.165, 1.54) is 0 Å².